The quantitative estimate of drug-likeness (QED) is 0.803. The molecule has 110 valence electrons. The molecule has 0 atom stereocenters. The number of hydrogen-bond donors (Lipinski definition) is 1. The number of nitrogens with one attached hydrogen (secondary N) is 1. The predicted octanol–water partition coefficient (Wildman–Crippen LogP) is 3.10. The van der Waals surface area contributed by atoms with E-state index in [1.807, 2.05) is 21.0 Å². The van der Waals surface area contributed by atoms with Crippen molar-refractivity contribution in [2.45, 2.75) is 20.0 Å². The first-order chi connectivity index (χ1) is 10.1. The van der Waals surface area contributed by atoms with Crippen LogP contribution in [0.3, 0.4) is 0 Å². The summed E-state index contributed by atoms with van der Waals surface area (Å²) in [7, 11) is 3.83. The SMILES string of the molecule is CNCc1ccc2ccn(Cc3c(C)nn(C)c3Cl)c2c1. The molecule has 3 rings (SSSR count). The van der Waals surface area contributed by atoms with E-state index in [9.17, 15) is 0 Å². The molecule has 0 aliphatic carbocycles. The maximum Gasteiger partial charge on any atom is 0.131 e. The lowest BCUT2D eigenvalue weighted by atomic mass is 10.1. The van der Waals surface area contributed by atoms with Gasteiger partial charge in [-0.15, -0.1) is 0 Å². The van der Waals surface area contributed by atoms with Crippen LogP contribution in [0.15, 0.2) is 30.5 Å². The van der Waals surface area contributed by atoms with Crippen LogP contribution in [0.2, 0.25) is 5.15 Å². The lowest BCUT2D eigenvalue weighted by molar-refractivity contribution is 0.757. The van der Waals surface area contributed by atoms with Crippen LogP contribution in [-0.2, 0) is 20.1 Å². The summed E-state index contributed by atoms with van der Waals surface area (Å²) in [4.78, 5) is 0. The molecular weight excluding hydrogens is 284 g/mol. The van der Waals surface area contributed by atoms with Crippen LogP contribution in [0.4, 0.5) is 0 Å². The molecule has 1 aromatic carbocycles. The van der Waals surface area contributed by atoms with E-state index in [4.69, 9.17) is 11.6 Å². The average Bonchev–Trinajstić information content (AvgIpc) is 2.96. The molecular formula is C16H19ClN4. The highest BCUT2D eigenvalue weighted by molar-refractivity contribution is 6.30. The van der Waals surface area contributed by atoms with Gasteiger partial charge in [0.1, 0.15) is 5.15 Å². The minimum Gasteiger partial charge on any atom is -0.343 e. The molecule has 0 amide bonds. The van der Waals surface area contributed by atoms with Crippen molar-refractivity contribution in [2.24, 2.45) is 7.05 Å². The summed E-state index contributed by atoms with van der Waals surface area (Å²) in [6.45, 7) is 3.61. The number of fused-ring (bicyclic) bond motifs is 1. The molecule has 2 aromatic heterocycles. The van der Waals surface area contributed by atoms with E-state index in [0.717, 1.165) is 24.3 Å². The van der Waals surface area contributed by atoms with Crippen molar-refractivity contribution < 1.29 is 0 Å². The lowest BCUT2D eigenvalue weighted by Gasteiger charge is -2.07. The molecule has 1 N–H and O–H groups in total. The fourth-order valence-corrected chi connectivity index (χ4v) is 2.94. The molecule has 0 saturated carbocycles. The smallest absolute Gasteiger partial charge is 0.131 e. The Morgan fingerprint density at radius 1 is 1.29 bits per heavy atom. The fourth-order valence-electron chi connectivity index (χ4n) is 2.71. The van der Waals surface area contributed by atoms with Crippen LogP contribution in [0, 0.1) is 6.92 Å². The van der Waals surface area contributed by atoms with Crippen LogP contribution in [0.25, 0.3) is 10.9 Å². The maximum absolute atomic E-state index is 6.34. The van der Waals surface area contributed by atoms with Gasteiger partial charge in [-0.05, 0) is 37.1 Å². The zero-order chi connectivity index (χ0) is 15.0. The van der Waals surface area contributed by atoms with Crippen molar-refractivity contribution in [1.82, 2.24) is 19.7 Å². The van der Waals surface area contributed by atoms with Crippen LogP contribution in [-0.4, -0.2) is 21.4 Å². The van der Waals surface area contributed by atoms with E-state index in [0.29, 0.717) is 5.15 Å². The number of benzene rings is 1. The van der Waals surface area contributed by atoms with Crippen LogP contribution in [0.1, 0.15) is 16.8 Å². The van der Waals surface area contributed by atoms with Crippen LogP contribution >= 0.6 is 11.6 Å². The van der Waals surface area contributed by atoms with Gasteiger partial charge in [-0.25, -0.2) is 0 Å². The van der Waals surface area contributed by atoms with Gasteiger partial charge in [-0.1, -0.05) is 23.7 Å². The molecule has 0 aliphatic rings. The molecule has 0 saturated heterocycles. The largest absolute Gasteiger partial charge is 0.343 e. The third-order valence-electron chi connectivity index (χ3n) is 3.82. The normalized spacial score (nSPS) is 11.4. The van der Waals surface area contributed by atoms with E-state index in [1.54, 1.807) is 4.68 Å². The summed E-state index contributed by atoms with van der Waals surface area (Å²) in [5.74, 6) is 0. The Labute approximate surface area is 129 Å². The van der Waals surface area contributed by atoms with Gasteiger partial charge in [0.05, 0.1) is 12.2 Å². The summed E-state index contributed by atoms with van der Waals surface area (Å²) in [6.07, 6.45) is 2.11. The molecule has 0 fully saturated rings. The third-order valence-corrected chi connectivity index (χ3v) is 4.29. The van der Waals surface area contributed by atoms with Crippen LogP contribution < -0.4 is 5.32 Å². The zero-order valence-corrected chi connectivity index (χ0v) is 13.3. The number of hydrogen-bond acceptors (Lipinski definition) is 2. The topological polar surface area (TPSA) is 34.8 Å². The summed E-state index contributed by atoms with van der Waals surface area (Å²) in [5, 5.41) is 9.52. The lowest BCUT2D eigenvalue weighted by Crippen LogP contribution is -2.05. The molecule has 4 nitrogen and oxygen atoms in total. The molecule has 3 aromatic rings. The first-order valence-corrected chi connectivity index (χ1v) is 7.38. The number of aryl methyl sites for hydroxylation is 2. The van der Waals surface area contributed by atoms with E-state index in [2.05, 4.69) is 45.4 Å². The number of nitrogens with zero attached hydrogens (tertiary/aromatic N) is 3. The molecule has 0 aliphatic heterocycles. The summed E-state index contributed by atoms with van der Waals surface area (Å²) >= 11 is 6.34. The molecule has 2 heterocycles. The third kappa shape index (κ3) is 2.57. The van der Waals surface area contributed by atoms with Crippen molar-refractivity contribution in [3.05, 3.63) is 52.4 Å². The standard InChI is InChI=1S/C16H19ClN4/c1-11-14(16(17)20(3)19-11)10-21-7-6-13-5-4-12(9-18-2)8-15(13)21/h4-8,18H,9-10H2,1-3H3. The van der Waals surface area contributed by atoms with E-state index in [1.165, 1.54) is 16.5 Å². The number of rotatable bonds is 4. The number of halogens is 1. The minimum atomic E-state index is 0.709. The van der Waals surface area contributed by atoms with Crippen molar-refractivity contribution in [2.75, 3.05) is 7.05 Å². The second-order valence-electron chi connectivity index (χ2n) is 5.35. The Balaban J connectivity index is 2.02. The fraction of sp³-hybridized carbons (Fsp3) is 0.312. The highest BCUT2D eigenvalue weighted by atomic mass is 35.5. The second kappa shape index (κ2) is 5.54. The van der Waals surface area contributed by atoms with Gasteiger partial charge in [-0.2, -0.15) is 5.10 Å². The number of aromatic nitrogens is 3. The van der Waals surface area contributed by atoms with E-state index in [-0.39, 0.29) is 0 Å². The molecule has 0 spiro atoms. The van der Waals surface area contributed by atoms with Gasteiger partial charge in [0.2, 0.25) is 0 Å². The summed E-state index contributed by atoms with van der Waals surface area (Å²) in [6, 6.07) is 8.69. The minimum absolute atomic E-state index is 0.709. The monoisotopic (exact) mass is 302 g/mol. The zero-order valence-electron chi connectivity index (χ0n) is 12.5. The Hall–Kier alpha value is -1.78. The maximum atomic E-state index is 6.34. The van der Waals surface area contributed by atoms with Crippen molar-refractivity contribution in [3.8, 4) is 0 Å². The molecule has 0 bridgehead atoms. The van der Waals surface area contributed by atoms with Crippen molar-refractivity contribution in [3.63, 3.8) is 0 Å². The van der Waals surface area contributed by atoms with Crippen molar-refractivity contribution in [1.29, 1.82) is 0 Å². The van der Waals surface area contributed by atoms with Gasteiger partial charge in [0.25, 0.3) is 0 Å². The van der Waals surface area contributed by atoms with Crippen LogP contribution in [0.5, 0.6) is 0 Å². The van der Waals surface area contributed by atoms with Crippen molar-refractivity contribution >= 4 is 22.5 Å². The Morgan fingerprint density at radius 2 is 2.10 bits per heavy atom. The van der Waals surface area contributed by atoms with Gasteiger partial charge >= 0.3 is 0 Å². The molecule has 0 unspecified atom stereocenters. The first-order valence-electron chi connectivity index (χ1n) is 7.00. The Morgan fingerprint density at radius 3 is 2.76 bits per heavy atom. The molecule has 0 radical (unpaired) electrons. The highest BCUT2D eigenvalue weighted by Crippen LogP contribution is 2.23. The highest BCUT2D eigenvalue weighted by Gasteiger charge is 2.12. The van der Waals surface area contributed by atoms with Gasteiger partial charge in [0.15, 0.2) is 0 Å². The molecule has 5 heteroatoms. The summed E-state index contributed by atoms with van der Waals surface area (Å²) < 4.78 is 3.95. The van der Waals surface area contributed by atoms with Gasteiger partial charge in [0, 0.05) is 30.9 Å². The van der Waals surface area contributed by atoms with Gasteiger partial charge in [-0.3, -0.25) is 4.68 Å². The predicted molar refractivity (Wildman–Crippen MR) is 86.8 cm³/mol. The van der Waals surface area contributed by atoms with Gasteiger partial charge < -0.3 is 9.88 Å². The first kappa shape index (κ1) is 14.2. The van der Waals surface area contributed by atoms with E-state index < -0.39 is 0 Å². The average molecular weight is 303 g/mol. The van der Waals surface area contributed by atoms with E-state index >= 15 is 0 Å². The Kier molecular flexibility index (Phi) is 3.74. The molecule has 21 heavy (non-hydrogen) atoms. The Bertz CT molecular complexity index is 785. The summed E-state index contributed by atoms with van der Waals surface area (Å²) in [5.41, 5.74) is 4.56. The second-order valence-corrected chi connectivity index (χ2v) is 5.70.